The Hall–Kier alpha value is -1.92. The van der Waals surface area contributed by atoms with Crippen LogP contribution in [0.2, 0.25) is 0 Å². The summed E-state index contributed by atoms with van der Waals surface area (Å²) in [6.45, 7) is 2.96. The number of thiazole rings is 1. The van der Waals surface area contributed by atoms with Gasteiger partial charge in [0.1, 0.15) is 5.75 Å². The molecule has 1 aliphatic rings. The molecular formula is C14H15N3O2S. The van der Waals surface area contributed by atoms with E-state index in [1.807, 2.05) is 29.9 Å². The van der Waals surface area contributed by atoms with Crippen molar-refractivity contribution >= 4 is 22.9 Å². The maximum Gasteiger partial charge on any atom is 0.262 e. The third-order valence-corrected chi connectivity index (χ3v) is 3.98. The number of anilines is 1. The molecule has 0 bridgehead atoms. The van der Waals surface area contributed by atoms with Gasteiger partial charge in [-0.3, -0.25) is 9.78 Å². The Morgan fingerprint density at radius 3 is 3.25 bits per heavy atom. The zero-order valence-corrected chi connectivity index (χ0v) is 11.9. The van der Waals surface area contributed by atoms with Gasteiger partial charge in [-0.05, 0) is 24.6 Å². The second kappa shape index (κ2) is 5.60. The van der Waals surface area contributed by atoms with Crippen LogP contribution < -0.4 is 15.4 Å². The first kappa shape index (κ1) is 13.1. The molecule has 0 radical (unpaired) electrons. The monoisotopic (exact) mass is 289 g/mol. The van der Waals surface area contributed by atoms with Crippen LogP contribution in [0.4, 0.5) is 5.69 Å². The standard InChI is InChI=1S/C14H15N3O2S/c1-9(16-6-11-5-15-8-20-11)10-2-3-13-12(4-10)17-14(18)7-19-13/h2-5,8-9,16H,6-7H2,1H3,(H,17,18). The van der Waals surface area contributed by atoms with Gasteiger partial charge in [-0.1, -0.05) is 6.07 Å². The molecule has 0 fully saturated rings. The number of fused-ring (bicyclic) bond motifs is 1. The number of benzene rings is 1. The molecule has 1 aromatic carbocycles. The van der Waals surface area contributed by atoms with E-state index >= 15 is 0 Å². The van der Waals surface area contributed by atoms with E-state index in [1.54, 1.807) is 11.3 Å². The lowest BCUT2D eigenvalue weighted by molar-refractivity contribution is -0.118. The van der Waals surface area contributed by atoms with Crippen LogP contribution in [-0.2, 0) is 11.3 Å². The van der Waals surface area contributed by atoms with Crippen LogP contribution in [0.1, 0.15) is 23.4 Å². The Balaban J connectivity index is 1.70. The lowest BCUT2D eigenvalue weighted by atomic mass is 10.1. The Bertz CT molecular complexity index is 613. The smallest absolute Gasteiger partial charge is 0.262 e. The topological polar surface area (TPSA) is 63.2 Å². The Morgan fingerprint density at radius 1 is 1.55 bits per heavy atom. The van der Waals surface area contributed by atoms with Gasteiger partial charge in [0, 0.05) is 23.7 Å². The van der Waals surface area contributed by atoms with Crippen LogP contribution in [0.3, 0.4) is 0 Å². The number of aromatic nitrogens is 1. The van der Waals surface area contributed by atoms with Crippen LogP contribution in [0.5, 0.6) is 5.75 Å². The zero-order chi connectivity index (χ0) is 13.9. The SMILES string of the molecule is CC(NCc1cncs1)c1ccc2c(c1)NC(=O)CO2. The summed E-state index contributed by atoms with van der Waals surface area (Å²) in [6.07, 6.45) is 1.87. The third kappa shape index (κ3) is 2.81. The summed E-state index contributed by atoms with van der Waals surface area (Å²) >= 11 is 1.63. The number of ether oxygens (including phenoxy) is 1. The van der Waals surface area contributed by atoms with Crippen molar-refractivity contribution in [2.45, 2.75) is 19.5 Å². The summed E-state index contributed by atoms with van der Waals surface area (Å²) < 4.78 is 5.35. The van der Waals surface area contributed by atoms with Crippen LogP contribution in [-0.4, -0.2) is 17.5 Å². The molecule has 1 aromatic heterocycles. The lowest BCUT2D eigenvalue weighted by Crippen LogP contribution is -2.26. The van der Waals surface area contributed by atoms with Crippen molar-refractivity contribution in [1.82, 2.24) is 10.3 Å². The molecule has 104 valence electrons. The molecule has 0 saturated carbocycles. The van der Waals surface area contributed by atoms with Crippen molar-refractivity contribution in [3.8, 4) is 5.75 Å². The molecule has 2 aromatic rings. The number of nitrogens with one attached hydrogen (secondary N) is 2. The van der Waals surface area contributed by atoms with Crippen LogP contribution >= 0.6 is 11.3 Å². The van der Waals surface area contributed by atoms with Gasteiger partial charge < -0.3 is 15.4 Å². The van der Waals surface area contributed by atoms with E-state index in [-0.39, 0.29) is 18.6 Å². The maximum absolute atomic E-state index is 11.3. The molecule has 0 aliphatic carbocycles. The van der Waals surface area contributed by atoms with Gasteiger partial charge in [-0.15, -0.1) is 11.3 Å². The molecule has 3 rings (SSSR count). The molecular weight excluding hydrogens is 274 g/mol. The first-order chi connectivity index (χ1) is 9.72. The van der Waals surface area contributed by atoms with E-state index in [1.165, 1.54) is 4.88 Å². The van der Waals surface area contributed by atoms with Gasteiger partial charge in [0.2, 0.25) is 0 Å². The minimum absolute atomic E-state index is 0.0888. The predicted molar refractivity (Wildman–Crippen MR) is 77.9 cm³/mol. The quantitative estimate of drug-likeness (QED) is 0.906. The van der Waals surface area contributed by atoms with Crippen molar-refractivity contribution in [3.63, 3.8) is 0 Å². The fourth-order valence-electron chi connectivity index (χ4n) is 2.07. The van der Waals surface area contributed by atoms with Gasteiger partial charge in [-0.2, -0.15) is 0 Å². The largest absolute Gasteiger partial charge is 0.482 e. The molecule has 2 heterocycles. The van der Waals surface area contributed by atoms with E-state index in [2.05, 4.69) is 22.5 Å². The summed E-state index contributed by atoms with van der Waals surface area (Å²) in [4.78, 5) is 16.6. The fraction of sp³-hybridized carbons (Fsp3) is 0.286. The highest BCUT2D eigenvalue weighted by molar-refractivity contribution is 7.09. The van der Waals surface area contributed by atoms with E-state index in [0.717, 1.165) is 23.5 Å². The highest BCUT2D eigenvalue weighted by atomic mass is 32.1. The minimum Gasteiger partial charge on any atom is -0.482 e. The molecule has 6 heteroatoms. The molecule has 1 aliphatic heterocycles. The Morgan fingerprint density at radius 2 is 2.45 bits per heavy atom. The van der Waals surface area contributed by atoms with Crippen LogP contribution in [0, 0.1) is 0 Å². The van der Waals surface area contributed by atoms with Crippen molar-refractivity contribution in [3.05, 3.63) is 40.3 Å². The van der Waals surface area contributed by atoms with Crippen molar-refractivity contribution in [2.24, 2.45) is 0 Å². The molecule has 1 unspecified atom stereocenters. The number of hydrogen-bond acceptors (Lipinski definition) is 5. The average molecular weight is 289 g/mol. The third-order valence-electron chi connectivity index (χ3n) is 3.20. The van der Waals surface area contributed by atoms with E-state index < -0.39 is 0 Å². The highest BCUT2D eigenvalue weighted by Crippen LogP contribution is 2.30. The van der Waals surface area contributed by atoms with Gasteiger partial charge >= 0.3 is 0 Å². The number of hydrogen-bond donors (Lipinski definition) is 2. The maximum atomic E-state index is 11.3. The van der Waals surface area contributed by atoms with Gasteiger partial charge in [0.05, 0.1) is 11.2 Å². The van der Waals surface area contributed by atoms with Crippen molar-refractivity contribution in [1.29, 1.82) is 0 Å². The lowest BCUT2D eigenvalue weighted by Gasteiger charge is -2.20. The van der Waals surface area contributed by atoms with E-state index in [9.17, 15) is 4.79 Å². The summed E-state index contributed by atoms with van der Waals surface area (Å²) in [6, 6.07) is 6.05. The molecule has 0 saturated heterocycles. The minimum atomic E-state index is -0.111. The van der Waals surface area contributed by atoms with E-state index in [0.29, 0.717) is 0 Å². The summed E-state index contributed by atoms with van der Waals surface area (Å²) in [5.41, 5.74) is 3.68. The summed E-state index contributed by atoms with van der Waals surface area (Å²) in [5.74, 6) is 0.614. The van der Waals surface area contributed by atoms with Crippen LogP contribution in [0.25, 0.3) is 0 Å². The molecule has 0 spiro atoms. The summed E-state index contributed by atoms with van der Waals surface area (Å²) in [7, 11) is 0. The van der Waals surface area contributed by atoms with Gasteiger partial charge in [-0.25, -0.2) is 0 Å². The highest BCUT2D eigenvalue weighted by Gasteiger charge is 2.17. The number of rotatable bonds is 4. The molecule has 1 amide bonds. The summed E-state index contributed by atoms with van der Waals surface area (Å²) in [5, 5.41) is 6.26. The Kier molecular flexibility index (Phi) is 3.66. The van der Waals surface area contributed by atoms with Crippen molar-refractivity contribution in [2.75, 3.05) is 11.9 Å². The predicted octanol–water partition coefficient (Wildman–Crippen LogP) is 2.32. The van der Waals surface area contributed by atoms with Gasteiger partial charge in [0.15, 0.2) is 6.61 Å². The molecule has 20 heavy (non-hydrogen) atoms. The second-order valence-electron chi connectivity index (χ2n) is 4.66. The number of carbonyl (C=O) groups is 1. The number of carbonyl (C=O) groups excluding carboxylic acids is 1. The van der Waals surface area contributed by atoms with E-state index in [4.69, 9.17) is 4.74 Å². The van der Waals surface area contributed by atoms with Gasteiger partial charge in [0.25, 0.3) is 5.91 Å². The number of amides is 1. The second-order valence-corrected chi connectivity index (χ2v) is 5.63. The fourth-order valence-corrected chi connectivity index (χ4v) is 2.62. The average Bonchev–Trinajstić information content (AvgIpc) is 2.97. The zero-order valence-electron chi connectivity index (χ0n) is 11.1. The first-order valence-electron chi connectivity index (χ1n) is 6.40. The number of nitrogens with zero attached hydrogens (tertiary/aromatic N) is 1. The van der Waals surface area contributed by atoms with Crippen LogP contribution in [0.15, 0.2) is 29.9 Å². The molecule has 5 nitrogen and oxygen atoms in total. The first-order valence-corrected chi connectivity index (χ1v) is 7.27. The normalized spacial score (nSPS) is 15.2. The molecule has 1 atom stereocenters. The molecule has 2 N–H and O–H groups in total. The van der Waals surface area contributed by atoms with Crippen molar-refractivity contribution < 1.29 is 9.53 Å². The Labute approximate surface area is 121 Å².